The standard InChI is InChI=1S/C17H18N4/c18-16-4-2-1-3-15(16)12-19-11-13-5-7-14(8-6-13)17-9-10-20-21-17/h1-10,19H,11-12,18H2,(H,20,21). The number of anilines is 1. The molecule has 4 nitrogen and oxygen atoms in total. The predicted molar refractivity (Wildman–Crippen MR) is 85.4 cm³/mol. The van der Waals surface area contributed by atoms with Crippen LogP contribution in [0.4, 0.5) is 5.69 Å². The molecule has 3 aromatic rings. The van der Waals surface area contributed by atoms with Crippen LogP contribution in [0.5, 0.6) is 0 Å². The van der Waals surface area contributed by atoms with Crippen molar-refractivity contribution in [2.24, 2.45) is 0 Å². The molecule has 4 heteroatoms. The van der Waals surface area contributed by atoms with Gasteiger partial charge in [0.2, 0.25) is 0 Å². The van der Waals surface area contributed by atoms with E-state index in [4.69, 9.17) is 5.73 Å². The number of hydrogen-bond acceptors (Lipinski definition) is 3. The smallest absolute Gasteiger partial charge is 0.0650 e. The van der Waals surface area contributed by atoms with Gasteiger partial charge in [-0.25, -0.2) is 0 Å². The summed E-state index contributed by atoms with van der Waals surface area (Å²) in [5, 5.41) is 10.3. The van der Waals surface area contributed by atoms with Crippen LogP contribution in [0, 0.1) is 0 Å². The summed E-state index contributed by atoms with van der Waals surface area (Å²) in [7, 11) is 0. The van der Waals surface area contributed by atoms with Gasteiger partial charge < -0.3 is 11.1 Å². The lowest BCUT2D eigenvalue weighted by molar-refractivity contribution is 0.695. The van der Waals surface area contributed by atoms with Gasteiger partial charge in [0.25, 0.3) is 0 Å². The van der Waals surface area contributed by atoms with Crippen LogP contribution in [-0.2, 0) is 13.1 Å². The quantitative estimate of drug-likeness (QED) is 0.629. The first kappa shape index (κ1) is 13.4. The van der Waals surface area contributed by atoms with Gasteiger partial charge in [-0.05, 0) is 28.8 Å². The highest BCUT2D eigenvalue weighted by Crippen LogP contribution is 2.16. The third-order valence-corrected chi connectivity index (χ3v) is 3.47. The molecule has 0 radical (unpaired) electrons. The highest BCUT2D eigenvalue weighted by Gasteiger charge is 2.00. The average Bonchev–Trinajstić information content (AvgIpc) is 3.04. The summed E-state index contributed by atoms with van der Waals surface area (Å²) in [6.45, 7) is 1.59. The van der Waals surface area contributed by atoms with Crippen LogP contribution < -0.4 is 11.1 Å². The van der Waals surface area contributed by atoms with Crippen molar-refractivity contribution in [2.75, 3.05) is 5.73 Å². The van der Waals surface area contributed by atoms with Crippen molar-refractivity contribution in [3.8, 4) is 11.3 Å². The van der Waals surface area contributed by atoms with Gasteiger partial charge in [-0.15, -0.1) is 0 Å². The van der Waals surface area contributed by atoms with Crippen molar-refractivity contribution in [2.45, 2.75) is 13.1 Å². The maximum absolute atomic E-state index is 5.92. The summed E-state index contributed by atoms with van der Waals surface area (Å²) in [5.41, 5.74) is 11.3. The van der Waals surface area contributed by atoms with E-state index < -0.39 is 0 Å². The number of aromatic nitrogens is 2. The number of rotatable bonds is 5. The molecule has 3 rings (SSSR count). The maximum atomic E-state index is 5.92. The Morgan fingerprint density at radius 1 is 0.952 bits per heavy atom. The Morgan fingerprint density at radius 3 is 2.48 bits per heavy atom. The number of hydrogen-bond donors (Lipinski definition) is 3. The van der Waals surface area contributed by atoms with E-state index in [1.807, 2.05) is 30.3 Å². The van der Waals surface area contributed by atoms with Gasteiger partial charge in [0.1, 0.15) is 0 Å². The van der Waals surface area contributed by atoms with Gasteiger partial charge in [-0.1, -0.05) is 42.5 Å². The molecule has 0 aliphatic rings. The van der Waals surface area contributed by atoms with Crippen molar-refractivity contribution in [1.29, 1.82) is 0 Å². The Labute approximate surface area is 124 Å². The molecule has 0 spiro atoms. The molecule has 0 fully saturated rings. The zero-order valence-corrected chi connectivity index (χ0v) is 11.7. The second-order valence-corrected chi connectivity index (χ2v) is 4.97. The normalized spacial score (nSPS) is 10.7. The zero-order chi connectivity index (χ0) is 14.5. The molecular formula is C17H18N4. The van der Waals surface area contributed by atoms with Gasteiger partial charge in [0.15, 0.2) is 0 Å². The Kier molecular flexibility index (Phi) is 3.98. The predicted octanol–water partition coefficient (Wildman–Crippen LogP) is 2.95. The number of para-hydroxylation sites is 1. The number of aromatic amines is 1. The van der Waals surface area contributed by atoms with E-state index in [1.54, 1.807) is 6.20 Å². The maximum Gasteiger partial charge on any atom is 0.0650 e. The third-order valence-electron chi connectivity index (χ3n) is 3.47. The molecule has 1 aromatic heterocycles. The minimum absolute atomic E-state index is 0.773. The minimum atomic E-state index is 0.773. The van der Waals surface area contributed by atoms with E-state index in [0.29, 0.717) is 0 Å². The number of benzene rings is 2. The third kappa shape index (κ3) is 3.30. The molecule has 0 atom stereocenters. The lowest BCUT2D eigenvalue weighted by Crippen LogP contribution is -2.13. The molecule has 0 saturated carbocycles. The molecule has 21 heavy (non-hydrogen) atoms. The first-order chi connectivity index (χ1) is 10.3. The summed E-state index contributed by atoms with van der Waals surface area (Å²) < 4.78 is 0. The fourth-order valence-corrected chi connectivity index (χ4v) is 2.26. The monoisotopic (exact) mass is 278 g/mol. The Balaban J connectivity index is 1.58. The molecule has 0 bridgehead atoms. The van der Waals surface area contributed by atoms with Crippen LogP contribution in [0.3, 0.4) is 0 Å². The van der Waals surface area contributed by atoms with Crippen molar-refractivity contribution in [3.63, 3.8) is 0 Å². The molecule has 4 N–H and O–H groups in total. The lowest BCUT2D eigenvalue weighted by atomic mass is 10.1. The van der Waals surface area contributed by atoms with E-state index in [1.165, 1.54) is 5.56 Å². The van der Waals surface area contributed by atoms with E-state index in [-0.39, 0.29) is 0 Å². The first-order valence-corrected chi connectivity index (χ1v) is 6.96. The molecule has 0 aliphatic heterocycles. The van der Waals surface area contributed by atoms with Crippen LogP contribution in [0.25, 0.3) is 11.3 Å². The highest BCUT2D eigenvalue weighted by molar-refractivity contribution is 5.58. The summed E-state index contributed by atoms with van der Waals surface area (Å²) in [5.74, 6) is 0. The van der Waals surface area contributed by atoms with Crippen LogP contribution >= 0.6 is 0 Å². The molecule has 2 aromatic carbocycles. The molecule has 0 unspecified atom stereocenters. The molecule has 1 heterocycles. The van der Waals surface area contributed by atoms with Crippen molar-refractivity contribution in [1.82, 2.24) is 15.5 Å². The number of nitrogens with zero attached hydrogens (tertiary/aromatic N) is 1. The Morgan fingerprint density at radius 2 is 1.76 bits per heavy atom. The second-order valence-electron chi connectivity index (χ2n) is 4.97. The summed E-state index contributed by atoms with van der Waals surface area (Å²) in [4.78, 5) is 0. The summed E-state index contributed by atoms with van der Waals surface area (Å²) in [6, 6.07) is 18.3. The second kappa shape index (κ2) is 6.24. The van der Waals surface area contributed by atoms with Gasteiger partial charge in [-0.3, -0.25) is 5.10 Å². The fourth-order valence-electron chi connectivity index (χ4n) is 2.26. The molecule has 0 amide bonds. The fraction of sp³-hybridized carbons (Fsp3) is 0.118. The van der Waals surface area contributed by atoms with Crippen LogP contribution in [0.15, 0.2) is 60.8 Å². The topological polar surface area (TPSA) is 66.7 Å². The highest BCUT2D eigenvalue weighted by atomic mass is 15.1. The van der Waals surface area contributed by atoms with E-state index >= 15 is 0 Å². The minimum Gasteiger partial charge on any atom is -0.398 e. The summed E-state index contributed by atoms with van der Waals surface area (Å²) >= 11 is 0. The van der Waals surface area contributed by atoms with Crippen LogP contribution in [0.2, 0.25) is 0 Å². The SMILES string of the molecule is Nc1ccccc1CNCc1ccc(-c2ccn[nH]2)cc1. The number of H-pyrrole nitrogens is 1. The van der Waals surface area contributed by atoms with Gasteiger partial charge in [0, 0.05) is 25.0 Å². The van der Waals surface area contributed by atoms with Crippen LogP contribution in [0.1, 0.15) is 11.1 Å². The number of nitrogen functional groups attached to an aromatic ring is 1. The van der Waals surface area contributed by atoms with Gasteiger partial charge >= 0.3 is 0 Å². The Bertz CT molecular complexity index is 687. The van der Waals surface area contributed by atoms with Crippen molar-refractivity contribution >= 4 is 5.69 Å². The van der Waals surface area contributed by atoms with E-state index in [0.717, 1.165) is 35.6 Å². The lowest BCUT2D eigenvalue weighted by Gasteiger charge is -2.08. The largest absolute Gasteiger partial charge is 0.398 e. The Hall–Kier alpha value is -2.59. The average molecular weight is 278 g/mol. The summed E-state index contributed by atoms with van der Waals surface area (Å²) in [6.07, 6.45) is 1.76. The molecular weight excluding hydrogens is 260 g/mol. The molecule has 0 saturated heterocycles. The van der Waals surface area contributed by atoms with E-state index in [9.17, 15) is 0 Å². The number of nitrogens with one attached hydrogen (secondary N) is 2. The molecule has 0 aliphatic carbocycles. The van der Waals surface area contributed by atoms with E-state index in [2.05, 4.69) is 39.8 Å². The van der Waals surface area contributed by atoms with Crippen molar-refractivity contribution in [3.05, 3.63) is 71.9 Å². The van der Waals surface area contributed by atoms with Gasteiger partial charge in [-0.2, -0.15) is 5.10 Å². The number of nitrogens with two attached hydrogens (primary N) is 1. The van der Waals surface area contributed by atoms with Crippen LogP contribution in [-0.4, -0.2) is 10.2 Å². The molecule has 106 valence electrons. The van der Waals surface area contributed by atoms with Crippen molar-refractivity contribution < 1.29 is 0 Å². The van der Waals surface area contributed by atoms with Gasteiger partial charge in [0.05, 0.1) is 5.69 Å². The first-order valence-electron chi connectivity index (χ1n) is 6.96. The zero-order valence-electron chi connectivity index (χ0n) is 11.7.